The fourth-order valence-electron chi connectivity index (χ4n) is 2.14. The van der Waals surface area contributed by atoms with Crippen LogP contribution in [0.15, 0.2) is 30.3 Å². The molecule has 3 heteroatoms. The minimum Gasteiger partial charge on any atom is -1.00 e. The van der Waals surface area contributed by atoms with Crippen molar-refractivity contribution in [3.63, 3.8) is 0 Å². The summed E-state index contributed by atoms with van der Waals surface area (Å²) >= 11 is 0. The number of carbonyl (C=O) groups excluding carboxylic acids is 1. The molecule has 0 spiro atoms. The molecule has 82 valence electrons. The summed E-state index contributed by atoms with van der Waals surface area (Å²) in [5, 5.41) is 0. The molecule has 0 amide bonds. The predicted molar refractivity (Wildman–Crippen MR) is 62.3 cm³/mol. The van der Waals surface area contributed by atoms with Crippen LogP contribution in [0.5, 0.6) is 0 Å². The smallest absolute Gasteiger partial charge is 0.173 e. The number of rotatable bonds is 2. The molecule has 15 heavy (non-hydrogen) atoms. The van der Waals surface area contributed by atoms with E-state index >= 15 is 0 Å². The van der Waals surface area contributed by atoms with Crippen LogP contribution in [0.2, 0.25) is 0 Å². The monoisotopic (exact) mass is 286 g/mol. The van der Waals surface area contributed by atoms with Crippen molar-refractivity contribution in [1.29, 1.82) is 0 Å². The SMILES string of the molecule is C[P+]1(Cc2ccccc2)CCC(=O)C1.[Br-]. The van der Waals surface area contributed by atoms with Crippen LogP contribution in [0.25, 0.3) is 0 Å². The van der Waals surface area contributed by atoms with E-state index in [0.717, 1.165) is 18.7 Å². The van der Waals surface area contributed by atoms with Gasteiger partial charge in [0.05, 0.1) is 12.3 Å². The number of Topliss-reactive ketones (excluding diaryl/α,β-unsaturated/α-hetero) is 1. The van der Waals surface area contributed by atoms with Gasteiger partial charge in [0.25, 0.3) is 0 Å². The fraction of sp³-hybridized carbons (Fsp3) is 0.417. The molecule has 0 N–H and O–H groups in total. The summed E-state index contributed by atoms with van der Waals surface area (Å²) in [6.45, 7) is 2.34. The van der Waals surface area contributed by atoms with Crippen molar-refractivity contribution in [2.45, 2.75) is 12.6 Å². The van der Waals surface area contributed by atoms with Crippen molar-refractivity contribution < 1.29 is 21.8 Å². The molecule has 0 bridgehead atoms. The molecule has 1 nitrogen and oxygen atoms in total. The molecule has 0 aliphatic carbocycles. The Hall–Kier alpha value is -0.200. The fourth-order valence-corrected chi connectivity index (χ4v) is 5.46. The Kier molecular flexibility index (Phi) is 4.48. The van der Waals surface area contributed by atoms with Crippen molar-refractivity contribution in [3.8, 4) is 0 Å². The highest BCUT2D eigenvalue weighted by Gasteiger charge is 2.40. The van der Waals surface area contributed by atoms with E-state index in [1.807, 2.05) is 6.07 Å². The topological polar surface area (TPSA) is 17.1 Å². The van der Waals surface area contributed by atoms with Crippen molar-refractivity contribution in [2.75, 3.05) is 19.0 Å². The molecule has 2 rings (SSSR count). The first-order valence-electron chi connectivity index (χ1n) is 5.07. The van der Waals surface area contributed by atoms with E-state index in [0.29, 0.717) is 5.78 Å². The van der Waals surface area contributed by atoms with Crippen LogP contribution in [-0.4, -0.2) is 24.8 Å². The average Bonchev–Trinajstić information content (AvgIpc) is 2.47. The molecule has 1 aromatic rings. The van der Waals surface area contributed by atoms with E-state index in [2.05, 4.69) is 30.9 Å². The summed E-state index contributed by atoms with van der Waals surface area (Å²) in [5.41, 5.74) is 1.40. The second-order valence-electron chi connectivity index (χ2n) is 4.43. The van der Waals surface area contributed by atoms with Crippen LogP contribution < -0.4 is 17.0 Å². The molecule has 1 aliphatic heterocycles. The van der Waals surface area contributed by atoms with Crippen molar-refractivity contribution >= 4 is 13.0 Å². The zero-order valence-corrected chi connectivity index (χ0v) is 11.4. The summed E-state index contributed by atoms with van der Waals surface area (Å²) < 4.78 is 0. The molecule has 1 aliphatic rings. The Labute approximate surface area is 102 Å². The minimum atomic E-state index is -0.948. The van der Waals surface area contributed by atoms with Gasteiger partial charge in [-0.2, -0.15) is 0 Å². The molecule has 0 saturated carbocycles. The third kappa shape index (κ3) is 3.39. The summed E-state index contributed by atoms with van der Waals surface area (Å²) in [5.74, 6) is 0.483. The van der Waals surface area contributed by atoms with Crippen LogP contribution in [-0.2, 0) is 11.0 Å². The first-order chi connectivity index (χ1) is 6.68. The number of hydrogen-bond donors (Lipinski definition) is 0. The Balaban J connectivity index is 0.00000112. The molecule has 0 aromatic heterocycles. The summed E-state index contributed by atoms with van der Waals surface area (Å²) in [7, 11) is -0.948. The van der Waals surface area contributed by atoms with Gasteiger partial charge in [0, 0.05) is 20.3 Å². The highest BCUT2D eigenvalue weighted by atomic mass is 79.9. The van der Waals surface area contributed by atoms with Crippen molar-refractivity contribution in [1.82, 2.24) is 0 Å². The maximum absolute atomic E-state index is 11.3. The van der Waals surface area contributed by atoms with Crippen LogP contribution in [0.1, 0.15) is 12.0 Å². The van der Waals surface area contributed by atoms with E-state index in [9.17, 15) is 4.79 Å². The van der Waals surface area contributed by atoms with Gasteiger partial charge in [-0.1, -0.05) is 30.3 Å². The summed E-state index contributed by atoms with van der Waals surface area (Å²) in [6, 6.07) is 10.6. The molecule has 1 heterocycles. The second-order valence-corrected chi connectivity index (χ2v) is 8.75. The second kappa shape index (κ2) is 5.23. The van der Waals surface area contributed by atoms with E-state index in [4.69, 9.17) is 0 Å². The Bertz CT molecular complexity index is 339. The van der Waals surface area contributed by atoms with Crippen LogP contribution in [0.3, 0.4) is 0 Å². The maximum Gasteiger partial charge on any atom is 0.173 e. The summed E-state index contributed by atoms with van der Waals surface area (Å²) in [6.07, 6.45) is 4.03. The van der Waals surface area contributed by atoms with Gasteiger partial charge < -0.3 is 17.0 Å². The van der Waals surface area contributed by atoms with Gasteiger partial charge in [0.15, 0.2) is 5.78 Å². The third-order valence-electron chi connectivity index (χ3n) is 2.90. The van der Waals surface area contributed by atoms with Gasteiger partial charge in [-0.05, 0) is 5.56 Å². The normalized spacial score (nSPS) is 25.0. The van der Waals surface area contributed by atoms with Crippen LogP contribution >= 0.6 is 7.26 Å². The Morgan fingerprint density at radius 3 is 2.47 bits per heavy atom. The van der Waals surface area contributed by atoms with Gasteiger partial charge >= 0.3 is 0 Å². The zero-order valence-electron chi connectivity index (χ0n) is 8.95. The quantitative estimate of drug-likeness (QED) is 0.689. The van der Waals surface area contributed by atoms with Gasteiger partial charge in [-0.3, -0.25) is 4.79 Å². The maximum atomic E-state index is 11.3. The van der Waals surface area contributed by atoms with Crippen molar-refractivity contribution in [3.05, 3.63) is 35.9 Å². The molecule has 0 radical (unpaired) electrons. The van der Waals surface area contributed by atoms with Gasteiger partial charge in [0.2, 0.25) is 0 Å². The van der Waals surface area contributed by atoms with Crippen LogP contribution in [0, 0.1) is 0 Å². The standard InChI is InChI=1S/C12H16OP.BrH/c1-14(8-7-12(13)10-14)9-11-5-3-2-4-6-11;/h2-6H,7-10H2,1H3;1H/q+1;/p-1. The molecule has 1 fully saturated rings. The molecule has 1 aromatic carbocycles. The Morgan fingerprint density at radius 2 is 1.93 bits per heavy atom. The lowest BCUT2D eigenvalue weighted by molar-refractivity contribution is -0.115. The number of halogens is 1. The van der Waals surface area contributed by atoms with E-state index in [-0.39, 0.29) is 17.0 Å². The lowest BCUT2D eigenvalue weighted by Gasteiger charge is -2.15. The van der Waals surface area contributed by atoms with Crippen molar-refractivity contribution in [2.24, 2.45) is 0 Å². The van der Waals surface area contributed by atoms with E-state index in [1.54, 1.807) is 0 Å². The highest BCUT2D eigenvalue weighted by Crippen LogP contribution is 2.61. The first-order valence-corrected chi connectivity index (χ1v) is 7.86. The molecule has 1 atom stereocenters. The lowest BCUT2D eigenvalue weighted by Crippen LogP contribution is -3.00. The molecular formula is C12H16BrOP. The van der Waals surface area contributed by atoms with Gasteiger partial charge in [-0.25, -0.2) is 0 Å². The predicted octanol–water partition coefficient (Wildman–Crippen LogP) is -0.189. The largest absolute Gasteiger partial charge is 1.00 e. The number of hydrogen-bond acceptors (Lipinski definition) is 1. The Morgan fingerprint density at radius 1 is 1.27 bits per heavy atom. The average molecular weight is 287 g/mol. The van der Waals surface area contributed by atoms with Gasteiger partial charge in [-0.15, -0.1) is 0 Å². The molecular weight excluding hydrogens is 271 g/mol. The van der Waals surface area contributed by atoms with Crippen LogP contribution in [0.4, 0.5) is 0 Å². The summed E-state index contributed by atoms with van der Waals surface area (Å²) in [4.78, 5) is 11.3. The molecule has 1 saturated heterocycles. The number of carbonyl (C=O) groups is 1. The van der Waals surface area contributed by atoms with Gasteiger partial charge in [0.1, 0.15) is 6.16 Å². The zero-order chi connectivity index (χ0) is 10.0. The highest BCUT2D eigenvalue weighted by molar-refractivity contribution is 7.75. The number of ketones is 1. The molecule has 1 unspecified atom stereocenters. The number of benzene rings is 1. The third-order valence-corrected chi connectivity index (χ3v) is 6.44. The minimum absolute atomic E-state index is 0. The van der Waals surface area contributed by atoms with E-state index in [1.165, 1.54) is 11.7 Å². The van der Waals surface area contributed by atoms with E-state index < -0.39 is 7.26 Å². The lowest BCUT2D eigenvalue weighted by atomic mass is 10.2. The first kappa shape index (κ1) is 12.9.